The monoisotopic (exact) mass is 490 g/mol. The van der Waals surface area contributed by atoms with Gasteiger partial charge in [-0.15, -0.1) is 13.1 Å². The van der Waals surface area contributed by atoms with Gasteiger partial charge in [-0.2, -0.15) is 5.10 Å². The summed E-state index contributed by atoms with van der Waals surface area (Å²) >= 11 is 0. The fraction of sp³-hybridized carbons (Fsp3) is 0.222. The Hall–Kier alpha value is -2.25. The topological polar surface area (TPSA) is 154 Å². The molecule has 0 aromatic carbocycles. The first-order chi connectivity index (χ1) is 14.7. The molecule has 1 aliphatic heterocycles. The number of piperazine rings is 1. The van der Waals surface area contributed by atoms with Gasteiger partial charge in [0.1, 0.15) is 12.6 Å². The van der Waals surface area contributed by atoms with Crippen LogP contribution in [0.2, 0.25) is 0 Å². The summed E-state index contributed by atoms with van der Waals surface area (Å²) in [5.41, 5.74) is 7.63. The largest absolute Gasteiger partial charge is 1.00 e. The van der Waals surface area contributed by atoms with Crippen molar-refractivity contribution in [2.75, 3.05) is 36.4 Å². The van der Waals surface area contributed by atoms with E-state index in [4.69, 9.17) is 10.2 Å². The summed E-state index contributed by atoms with van der Waals surface area (Å²) < 4.78 is 6.78. The number of carbonyl (C=O) groups excluding carboxylic acids is 1. The third-order valence-corrected chi connectivity index (χ3v) is 4.68. The van der Waals surface area contributed by atoms with Gasteiger partial charge < -0.3 is 25.7 Å². The molecule has 0 radical (unpaired) electrons. The average Bonchev–Trinajstić information content (AvgIpc) is 3.46. The van der Waals surface area contributed by atoms with E-state index in [0.717, 1.165) is 26.2 Å². The van der Waals surface area contributed by atoms with Crippen molar-refractivity contribution in [3.63, 3.8) is 0 Å². The Morgan fingerprint density at radius 2 is 1.90 bits per heavy atom. The van der Waals surface area contributed by atoms with Crippen molar-refractivity contribution in [1.29, 1.82) is 0 Å². The summed E-state index contributed by atoms with van der Waals surface area (Å²) in [5, 5.41) is 11.7. The van der Waals surface area contributed by atoms with Gasteiger partial charge in [0.25, 0.3) is 5.91 Å². The number of hydrogen-bond donors (Lipinski definition) is 2. The minimum absolute atomic E-state index is 0. The maximum absolute atomic E-state index is 11.3. The summed E-state index contributed by atoms with van der Waals surface area (Å²) in [4.78, 5) is 31.0. The van der Waals surface area contributed by atoms with E-state index >= 15 is 0 Å². The average molecular weight is 491 g/mol. The minimum atomic E-state index is -0.648. The molecule has 31 heavy (non-hydrogen) atoms. The summed E-state index contributed by atoms with van der Waals surface area (Å²) in [7, 11) is 0. The number of nitrogens with one attached hydrogen (secondary N) is 1. The van der Waals surface area contributed by atoms with Crippen LogP contribution in [0.25, 0.3) is 22.2 Å². The third kappa shape index (κ3) is 4.53. The predicted octanol–water partition coefficient (Wildman–Crippen LogP) is -1.79. The zero-order valence-electron chi connectivity index (χ0n) is 16.8. The summed E-state index contributed by atoms with van der Waals surface area (Å²) in [5.74, 6) is 0.574. The van der Waals surface area contributed by atoms with Crippen molar-refractivity contribution in [2.45, 2.75) is 0 Å². The Labute approximate surface area is 225 Å². The molecule has 0 spiro atoms. The third-order valence-electron chi connectivity index (χ3n) is 4.68. The molecule has 3 N–H and O–H groups in total. The quantitative estimate of drug-likeness (QED) is 0.330. The number of fused-ring (bicyclic) bond motifs is 1. The van der Waals surface area contributed by atoms with E-state index in [2.05, 4.69) is 40.6 Å². The van der Waals surface area contributed by atoms with Gasteiger partial charge in [-0.3, -0.25) is 4.79 Å². The minimum Gasteiger partial charge on any atom is -0.659 e. The fourth-order valence-electron chi connectivity index (χ4n) is 3.19. The molecule has 1 fully saturated rings. The number of primary amides is 1. The summed E-state index contributed by atoms with van der Waals surface area (Å²) in [6, 6.07) is 1.54. The van der Waals surface area contributed by atoms with Gasteiger partial charge in [-0.25, -0.2) is 24.5 Å². The van der Waals surface area contributed by atoms with Crippen molar-refractivity contribution in [3.8, 4) is 11.3 Å². The Bertz CT molecular complexity index is 1200. The molecular weight excluding hydrogens is 474 g/mol. The molecule has 5 rings (SSSR count). The molecule has 4 aromatic rings. The number of aromatic nitrogens is 6. The number of anilines is 3. The Balaban J connectivity index is 0.00000231. The van der Waals surface area contributed by atoms with Crippen molar-refractivity contribution in [3.05, 3.63) is 48.3 Å². The van der Waals surface area contributed by atoms with E-state index in [9.17, 15) is 4.79 Å². The SMILES string of the molecule is NC(=O)c1cc(-c2cnc(Nc3cnc(N4CC[N-]CC4)nc3)c3ncnn23)co1.[Rb+]. The van der Waals surface area contributed by atoms with Gasteiger partial charge in [0.15, 0.2) is 17.2 Å². The second-order valence-electron chi connectivity index (χ2n) is 6.61. The summed E-state index contributed by atoms with van der Waals surface area (Å²) in [6.07, 6.45) is 7.84. The molecule has 12 nitrogen and oxygen atoms in total. The van der Waals surface area contributed by atoms with E-state index in [1.54, 1.807) is 23.1 Å². The van der Waals surface area contributed by atoms with Crippen LogP contribution in [0.5, 0.6) is 0 Å². The molecule has 5 heterocycles. The number of hydrogen-bond acceptors (Lipinski definition) is 9. The summed E-state index contributed by atoms with van der Waals surface area (Å²) in [6.45, 7) is 3.23. The van der Waals surface area contributed by atoms with Crippen LogP contribution in [-0.2, 0) is 0 Å². The molecule has 0 saturated carbocycles. The predicted molar refractivity (Wildman–Crippen MR) is 108 cm³/mol. The van der Waals surface area contributed by atoms with Crippen LogP contribution in [0.4, 0.5) is 17.5 Å². The van der Waals surface area contributed by atoms with Crippen LogP contribution in [0, 0.1) is 0 Å². The van der Waals surface area contributed by atoms with Crippen molar-refractivity contribution < 1.29 is 67.4 Å². The second-order valence-corrected chi connectivity index (χ2v) is 6.61. The number of furan rings is 1. The van der Waals surface area contributed by atoms with Crippen LogP contribution in [0.3, 0.4) is 0 Å². The normalized spacial score (nSPS) is 13.7. The van der Waals surface area contributed by atoms with Crippen LogP contribution in [-0.4, -0.2) is 61.6 Å². The van der Waals surface area contributed by atoms with Gasteiger partial charge in [-0.05, 0) is 6.07 Å². The molecule has 0 unspecified atom stereocenters. The number of carbonyl (C=O) groups is 1. The van der Waals surface area contributed by atoms with Crippen LogP contribution >= 0.6 is 0 Å². The van der Waals surface area contributed by atoms with Crippen molar-refractivity contribution in [2.24, 2.45) is 5.73 Å². The van der Waals surface area contributed by atoms with Crippen LogP contribution < -0.4 is 74.1 Å². The van der Waals surface area contributed by atoms with E-state index in [-0.39, 0.29) is 63.9 Å². The molecule has 152 valence electrons. The van der Waals surface area contributed by atoms with E-state index < -0.39 is 5.91 Å². The first-order valence-corrected chi connectivity index (χ1v) is 9.24. The van der Waals surface area contributed by atoms with Gasteiger partial charge in [-0.1, -0.05) is 0 Å². The van der Waals surface area contributed by atoms with E-state index in [0.29, 0.717) is 34.4 Å². The molecule has 13 heteroatoms. The smallest absolute Gasteiger partial charge is 0.659 e. The fourth-order valence-corrected chi connectivity index (χ4v) is 3.19. The Morgan fingerprint density at radius 3 is 2.61 bits per heavy atom. The molecule has 1 amide bonds. The van der Waals surface area contributed by atoms with Crippen LogP contribution in [0.1, 0.15) is 10.6 Å². The number of rotatable bonds is 5. The maximum atomic E-state index is 11.3. The van der Waals surface area contributed by atoms with Gasteiger partial charge in [0.05, 0.1) is 30.0 Å². The molecule has 4 aromatic heterocycles. The standard InChI is InChI=1S/C18H17N10O2.Rb/c19-15(29)14-5-11(9-30-14)13-8-21-16(17-24-10-25-28(13)17)26-12-6-22-18(23-7-12)27-3-1-20-2-4-27;/h5-10H,1-4H2,(H2,19,29)(H,21,26);/q-1;+1. The molecule has 0 atom stereocenters. The van der Waals surface area contributed by atoms with Crippen LogP contribution in [0.15, 0.2) is 41.7 Å². The van der Waals surface area contributed by atoms with E-state index in [1.807, 2.05) is 0 Å². The number of nitrogens with two attached hydrogens (primary N) is 1. The zero-order valence-corrected chi connectivity index (χ0v) is 21.7. The zero-order chi connectivity index (χ0) is 20.5. The van der Waals surface area contributed by atoms with Gasteiger partial charge >= 0.3 is 58.2 Å². The van der Waals surface area contributed by atoms with Crippen molar-refractivity contribution in [1.82, 2.24) is 29.5 Å². The Morgan fingerprint density at radius 1 is 1.13 bits per heavy atom. The first kappa shape index (κ1) is 22.0. The number of nitrogens with zero attached hydrogens (tertiary/aromatic N) is 8. The maximum Gasteiger partial charge on any atom is 1.00 e. The van der Waals surface area contributed by atoms with E-state index in [1.165, 1.54) is 18.7 Å². The van der Waals surface area contributed by atoms with Gasteiger partial charge in [0.2, 0.25) is 5.95 Å². The molecular formula is C18H17N10O2Rb. The Kier molecular flexibility index (Phi) is 6.72. The van der Waals surface area contributed by atoms with Gasteiger partial charge in [0, 0.05) is 18.7 Å². The number of amides is 1. The molecule has 1 saturated heterocycles. The molecule has 1 aliphatic rings. The van der Waals surface area contributed by atoms with Crippen molar-refractivity contribution >= 4 is 29.0 Å². The second kappa shape index (κ2) is 9.48. The first-order valence-electron chi connectivity index (χ1n) is 9.24. The molecule has 0 aliphatic carbocycles. The molecule has 0 bridgehead atoms.